The Kier molecular flexibility index (Phi) is 4.93. The summed E-state index contributed by atoms with van der Waals surface area (Å²) in [5, 5.41) is 0.254. The molecule has 0 aromatic rings. The normalized spacial score (nSPS) is 21.8. The molecule has 0 amide bonds. The van der Waals surface area contributed by atoms with Gasteiger partial charge in [0.15, 0.2) is 0 Å². The van der Waals surface area contributed by atoms with Crippen molar-refractivity contribution >= 4 is 45.2 Å². The van der Waals surface area contributed by atoms with E-state index in [0.717, 1.165) is 12.2 Å². The second-order valence-electron chi connectivity index (χ2n) is 4.66. The summed E-state index contributed by atoms with van der Waals surface area (Å²) in [5.74, 6) is 0.915. The highest BCUT2D eigenvalue weighted by atomic mass is 32.2. The highest BCUT2D eigenvalue weighted by Crippen LogP contribution is 2.31. The Bertz CT molecular complexity index is 258. The Morgan fingerprint density at radius 1 is 1.67 bits per heavy atom. The van der Waals surface area contributed by atoms with Gasteiger partial charge in [0, 0.05) is 5.75 Å². The van der Waals surface area contributed by atoms with Gasteiger partial charge in [-0.1, -0.05) is 44.3 Å². The van der Waals surface area contributed by atoms with Gasteiger partial charge in [-0.15, -0.1) is 0 Å². The Morgan fingerprint density at radius 2 is 2.33 bits per heavy atom. The number of hydrogen-bond acceptors (Lipinski definition) is 5. The first-order valence-corrected chi connectivity index (χ1v) is 7.16. The van der Waals surface area contributed by atoms with Crippen LogP contribution in [0, 0.1) is 5.41 Å². The predicted molar refractivity (Wildman–Crippen MR) is 71.5 cm³/mol. The van der Waals surface area contributed by atoms with Gasteiger partial charge in [-0.3, -0.25) is 4.79 Å². The SMILES string of the molecule is CC(C)(C)COC(=S)SC1CCSC1=O. The molecular formula is C10H16O2S3. The van der Waals surface area contributed by atoms with Gasteiger partial charge in [0.2, 0.25) is 9.50 Å². The molecule has 0 radical (unpaired) electrons. The molecule has 5 heteroatoms. The number of carbonyl (C=O) groups is 1. The van der Waals surface area contributed by atoms with Crippen molar-refractivity contribution < 1.29 is 9.53 Å². The predicted octanol–water partition coefficient (Wildman–Crippen LogP) is 3.10. The van der Waals surface area contributed by atoms with Crippen molar-refractivity contribution in [1.29, 1.82) is 0 Å². The van der Waals surface area contributed by atoms with Crippen LogP contribution in [0.1, 0.15) is 27.2 Å². The second kappa shape index (κ2) is 5.55. The molecule has 1 aliphatic heterocycles. The summed E-state index contributed by atoms with van der Waals surface area (Å²) in [5.41, 5.74) is 0.110. The van der Waals surface area contributed by atoms with Crippen molar-refractivity contribution in [2.24, 2.45) is 5.41 Å². The summed E-state index contributed by atoms with van der Waals surface area (Å²) in [6.07, 6.45) is 0.910. The van der Waals surface area contributed by atoms with Crippen LogP contribution in [0.4, 0.5) is 0 Å². The van der Waals surface area contributed by atoms with Crippen LogP contribution in [0.25, 0.3) is 0 Å². The van der Waals surface area contributed by atoms with Gasteiger partial charge in [0.1, 0.15) is 0 Å². The van der Waals surface area contributed by atoms with Crippen molar-refractivity contribution in [2.45, 2.75) is 32.4 Å². The summed E-state index contributed by atoms with van der Waals surface area (Å²) in [7, 11) is 0. The Morgan fingerprint density at radius 3 is 2.80 bits per heavy atom. The van der Waals surface area contributed by atoms with Gasteiger partial charge in [-0.05, 0) is 24.1 Å². The van der Waals surface area contributed by atoms with Crippen molar-refractivity contribution in [3.8, 4) is 0 Å². The van der Waals surface area contributed by atoms with Crippen LogP contribution in [0.15, 0.2) is 0 Å². The summed E-state index contributed by atoms with van der Waals surface area (Å²) < 4.78 is 5.95. The fourth-order valence-corrected chi connectivity index (χ4v) is 3.46. The van der Waals surface area contributed by atoms with E-state index in [-0.39, 0.29) is 15.8 Å². The van der Waals surface area contributed by atoms with Crippen LogP contribution >= 0.6 is 35.7 Å². The van der Waals surface area contributed by atoms with Gasteiger partial charge >= 0.3 is 0 Å². The molecule has 0 saturated carbocycles. The number of hydrogen-bond donors (Lipinski definition) is 0. The maximum Gasteiger partial charge on any atom is 0.220 e. The standard InChI is InChI=1S/C10H16O2S3/c1-10(2,3)6-12-9(13)15-7-4-5-14-8(7)11/h7H,4-6H2,1-3H3. The van der Waals surface area contributed by atoms with E-state index in [9.17, 15) is 4.79 Å². The molecule has 86 valence electrons. The van der Waals surface area contributed by atoms with Gasteiger partial charge in [0.25, 0.3) is 0 Å². The maximum atomic E-state index is 11.3. The zero-order chi connectivity index (χ0) is 11.5. The number of thiocarbonyl (C=S) groups is 1. The Labute approximate surface area is 105 Å². The molecule has 1 fully saturated rings. The minimum Gasteiger partial charge on any atom is -0.478 e. The smallest absolute Gasteiger partial charge is 0.220 e. The third-order valence-corrected chi connectivity index (χ3v) is 4.36. The lowest BCUT2D eigenvalue weighted by Crippen LogP contribution is -2.18. The number of ether oxygens (including phenoxy) is 1. The van der Waals surface area contributed by atoms with E-state index in [1.165, 1.54) is 23.5 Å². The number of thioether (sulfide) groups is 2. The van der Waals surface area contributed by atoms with Crippen LogP contribution in [-0.2, 0) is 9.53 Å². The average molecular weight is 264 g/mol. The van der Waals surface area contributed by atoms with Gasteiger partial charge in [-0.2, -0.15) is 0 Å². The number of rotatable bonds is 2. The molecule has 1 atom stereocenters. The molecule has 1 heterocycles. The summed E-state index contributed by atoms with van der Waals surface area (Å²) in [4.78, 5) is 11.3. The van der Waals surface area contributed by atoms with Crippen LogP contribution < -0.4 is 0 Å². The lowest BCUT2D eigenvalue weighted by Gasteiger charge is -2.19. The first-order valence-electron chi connectivity index (χ1n) is 4.88. The summed E-state index contributed by atoms with van der Waals surface area (Å²) in [6, 6.07) is 0. The third-order valence-electron chi connectivity index (χ3n) is 1.75. The molecule has 0 bridgehead atoms. The van der Waals surface area contributed by atoms with E-state index < -0.39 is 0 Å². The highest BCUT2D eigenvalue weighted by molar-refractivity contribution is 8.25. The zero-order valence-electron chi connectivity index (χ0n) is 9.24. The summed E-state index contributed by atoms with van der Waals surface area (Å²) in [6.45, 7) is 6.89. The molecule has 0 aromatic heterocycles. The fourth-order valence-electron chi connectivity index (χ4n) is 1.01. The van der Waals surface area contributed by atoms with Crippen LogP contribution in [-0.4, -0.2) is 27.1 Å². The molecule has 1 unspecified atom stereocenters. The van der Waals surface area contributed by atoms with Crippen molar-refractivity contribution in [2.75, 3.05) is 12.4 Å². The van der Waals surface area contributed by atoms with Crippen molar-refractivity contribution in [1.82, 2.24) is 0 Å². The highest BCUT2D eigenvalue weighted by Gasteiger charge is 2.28. The van der Waals surface area contributed by atoms with E-state index in [1.807, 2.05) is 0 Å². The Hall–Kier alpha value is 0.260. The topological polar surface area (TPSA) is 26.3 Å². The summed E-state index contributed by atoms with van der Waals surface area (Å²) >= 11 is 7.88. The Balaban J connectivity index is 2.27. The molecule has 0 aromatic carbocycles. The zero-order valence-corrected chi connectivity index (χ0v) is 11.7. The third kappa shape index (κ3) is 5.22. The molecular weight excluding hydrogens is 248 g/mol. The first-order chi connectivity index (χ1) is 6.88. The molecule has 15 heavy (non-hydrogen) atoms. The second-order valence-corrected chi connectivity index (χ2v) is 7.57. The molecule has 1 saturated heterocycles. The lowest BCUT2D eigenvalue weighted by molar-refractivity contribution is -0.110. The lowest BCUT2D eigenvalue weighted by atomic mass is 9.99. The molecule has 1 aliphatic rings. The minimum absolute atomic E-state index is 0.0162. The van der Waals surface area contributed by atoms with Crippen LogP contribution in [0.5, 0.6) is 0 Å². The van der Waals surface area contributed by atoms with E-state index >= 15 is 0 Å². The van der Waals surface area contributed by atoms with Gasteiger partial charge in [-0.25, -0.2) is 0 Å². The largest absolute Gasteiger partial charge is 0.478 e. The molecule has 0 aliphatic carbocycles. The number of carbonyl (C=O) groups excluding carboxylic acids is 1. The molecule has 2 nitrogen and oxygen atoms in total. The minimum atomic E-state index is 0.0162. The first kappa shape index (κ1) is 13.3. The van der Waals surface area contributed by atoms with Gasteiger partial charge < -0.3 is 4.74 Å². The van der Waals surface area contributed by atoms with Crippen molar-refractivity contribution in [3.05, 3.63) is 0 Å². The molecule has 1 rings (SSSR count). The van der Waals surface area contributed by atoms with Crippen molar-refractivity contribution in [3.63, 3.8) is 0 Å². The molecule has 0 spiro atoms. The quantitative estimate of drug-likeness (QED) is 0.714. The maximum absolute atomic E-state index is 11.3. The van der Waals surface area contributed by atoms with E-state index in [0.29, 0.717) is 11.0 Å². The van der Waals surface area contributed by atoms with Crippen LogP contribution in [0.2, 0.25) is 0 Å². The molecule has 0 N–H and O–H groups in total. The van der Waals surface area contributed by atoms with E-state index in [1.54, 1.807) is 0 Å². The van der Waals surface area contributed by atoms with E-state index in [4.69, 9.17) is 17.0 Å². The van der Waals surface area contributed by atoms with Gasteiger partial charge in [0.05, 0.1) is 11.9 Å². The monoisotopic (exact) mass is 264 g/mol. The van der Waals surface area contributed by atoms with Crippen LogP contribution in [0.3, 0.4) is 0 Å². The fraction of sp³-hybridized carbons (Fsp3) is 0.800. The average Bonchev–Trinajstić information content (AvgIpc) is 2.47. The van der Waals surface area contributed by atoms with E-state index in [2.05, 4.69) is 20.8 Å².